The maximum absolute atomic E-state index is 6.90. The van der Waals surface area contributed by atoms with Gasteiger partial charge in [-0.15, -0.1) is 0 Å². The second-order valence-corrected chi connectivity index (χ2v) is 13.6. The van der Waals surface area contributed by atoms with Crippen molar-refractivity contribution in [1.82, 2.24) is 15.0 Å². The molecule has 0 aliphatic rings. The lowest BCUT2D eigenvalue weighted by molar-refractivity contribution is 0.670. The molecule has 53 heavy (non-hydrogen) atoms. The lowest BCUT2D eigenvalue weighted by Gasteiger charge is -2.11. The maximum Gasteiger partial charge on any atom is 0.164 e. The number of furan rings is 1. The minimum Gasteiger partial charge on any atom is -0.455 e. The van der Waals surface area contributed by atoms with Gasteiger partial charge in [0.15, 0.2) is 17.5 Å². The molecule has 0 N–H and O–H groups in total. The van der Waals surface area contributed by atoms with Crippen LogP contribution in [0.3, 0.4) is 0 Å². The summed E-state index contributed by atoms with van der Waals surface area (Å²) in [5, 5.41) is 11.7. The summed E-state index contributed by atoms with van der Waals surface area (Å²) in [6.45, 7) is 0. The van der Waals surface area contributed by atoms with Crippen LogP contribution in [0.15, 0.2) is 180 Å². The molecule has 4 heteroatoms. The molecule has 0 atom stereocenters. The third-order valence-electron chi connectivity index (χ3n) is 10.5. The first-order valence-corrected chi connectivity index (χ1v) is 17.8. The van der Waals surface area contributed by atoms with Crippen LogP contribution in [0, 0.1) is 0 Å². The van der Waals surface area contributed by atoms with Crippen LogP contribution in [0.25, 0.3) is 110 Å². The van der Waals surface area contributed by atoms with Gasteiger partial charge in [0.2, 0.25) is 0 Å². The Balaban J connectivity index is 1.11. The first-order valence-electron chi connectivity index (χ1n) is 17.8. The summed E-state index contributed by atoms with van der Waals surface area (Å²) in [5.74, 6) is 1.85. The molecule has 0 fully saturated rings. The Morgan fingerprint density at radius 3 is 1.66 bits per heavy atom. The first-order chi connectivity index (χ1) is 26.2. The Bertz CT molecular complexity index is 3240. The number of nitrogens with zero attached hydrogens (tertiary/aromatic N) is 3. The normalized spacial score (nSPS) is 11.8. The molecule has 0 bridgehead atoms. The van der Waals surface area contributed by atoms with Gasteiger partial charge in [0, 0.05) is 33.0 Å². The zero-order valence-electron chi connectivity index (χ0n) is 28.5. The molecule has 4 nitrogen and oxygen atoms in total. The van der Waals surface area contributed by atoms with Crippen molar-refractivity contribution in [3.05, 3.63) is 176 Å². The summed E-state index contributed by atoms with van der Waals surface area (Å²) < 4.78 is 6.90. The molecular weight excluding hydrogens is 647 g/mol. The quantitative estimate of drug-likeness (QED) is 0.174. The van der Waals surface area contributed by atoms with Crippen molar-refractivity contribution in [3.63, 3.8) is 0 Å². The smallest absolute Gasteiger partial charge is 0.164 e. The van der Waals surface area contributed by atoms with Crippen molar-refractivity contribution in [2.45, 2.75) is 0 Å². The number of benzene rings is 9. The Morgan fingerprint density at radius 1 is 0.302 bits per heavy atom. The average molecular weight is 676 g/mol. The minimum atomic E-state index is 0.594. The van der Waals surface area contributed by atoms with Crippen molar-refractivity contribution < 1.29 is 4.42 Å². The Morgan fingerprint density at radius 2 is 0.830 bits per heavy atom. The molecule has 0 aliphatic heterocycles. The number of fused-ring (bicyclic) bond motifs is 8. The third kappa shape index (κ3) is 4.88. The second kappa shape index (κ2) is 11.7. The fourth-order valence-electron chi connectivity index (χ4n) is 7.85. The van der Waals surface area contributed by atoms with E-state index in [0.717, 1.165) is 60.5 Å². The monoisotopic (exact) mass is 675 g/mol. The van der Waals surface area contributed by atoms with E-state index >= 15 is 0 Å². The first kappa shape index (κ1) is 29.5. The largest absolute Gasteiger partial charge is 0.455 e. The fraction of sp³-hybridized carbons (Fsp3) is 0. The summed E-state index contributed by atoms with van der Waals surface area (Å²) in [5.41, 5.74) is 6.61. The molecule has 11 aromatic rings. The van der Waals surface area contributed by atoms with Crippen LogP contribution in [0.5, 0.6) is 0 Å². The van der Waals surface area contributed by atoms with Crippen molar-refractivity contribution >= 4 is 65.0 Å². The van der Waals surface area contributed by atoms with E-state index in [4.69, 9.17) is 19.4 Å². The Labute approximate surface area is 304 Å². The molecule has 246 valence electrons. The summed E-state index contributed by atoms with van der Waals surface area (Å²) in [4.78, 5) is 15.1. The Hall–Kier alpha value is -7.17. The number of hydrogen-bond donors (Lipinski definition) is 0. The van der Waals surface area contributed by atoms with Crippen LogP contribution in [-0.2, 0) is 0 Å². The zero-order valence-corrected chi connectivity index (χ0v) is 28.5. The molecule has 11 rings (SSSR count). The zero-order chi connectivity index (χ0) is 34.9. The van der Waals surface area contributed by atoms with Crippen molar-refractivity contribution in [1.29, 1.82) is 0 Å². The molecular formula is C49H29N3O. The van der Waals surface area contributed by atoms with Crippen molar-refractivity contribution in [2.24, 2.45) is 0 Å². The summed E-state index contributed by atoms with van der Waals surface area (Å²) in [6.07, 6.45) is 0. The molecule has 0 unspecified atom stereocenters. The van der Waals surface area contributed by atoms with E-state index in [2.05, 4.69) is 146 Å². The highest BCUT2D eigenvalue weighted by Crippen LogP contribution is 2.43. The maximum atomic E-state index is 6.90. The Kier molecular flexibility index (Phi) is 6.52. The topological polar surface area (TPSA) is 51.8 Å². The van der Waals surface area contributed by atoms with Crippen LogP contribution in [0.4, 0.5) is 0 Å². The van der Waals surface area contributed by atoms with Crippen LogP contribution in [-0.4, -0.2) is 15.0 Å². The van der Waals surface area contributed by atoms with E-state index in [-0.39, 0.29) is 0 Å². The fourth-order valence-corrected chi connectivity index (χ4v) is 7.85. The average Bonchev–Trinajstić information content (AvgIpc) is 3.59. The van der Waals surface area contributed by atoms with E-state index in [1.54, 1.807) is 0 Å². The van der Waals surface area contributed by atoms with E-state index in [1.807, 2.05) is 30.3 Å². The molecule has 0 saturated heterocycles. The predicted octanol–water partition coefficient (Wildman–Crippen LogP) is 13.1. The van der Waals surface area contributed by atoms with Crippen LogP contribution >= 0.6 is 0 Å². The molecule has 0 aliphatic carbocycles. The van der Waals surface area contributed by atoms with Gasteiger partial charge in [-0.1, -0.05) is 146 Å². The van der Waals surface area contributed by atoms with Crippen molar-refractivity contribution in [3.8, 4) is 45.3 Å². The van der Waals surface area contributed by atoms with Gasteiger partial charge in [-0.2, -0.15) is 0 Å². The molecule has 9 aromatic carbocycles. The lowest BCUT2D eigenvalue weighted by atomic mass is 9.92. The predicted molar refractivity (Wildman–Crippen MR) is 219 cm³/mol. The SMILES string of the molecule is c1ccc(-c2nc(-c3ccc4ccccc4c3)nc(-c3ccc4c(c3)oc3c(-c5ccc6c(ccc7ccccc76)c5)c5ccccc5cc34)n2)cc1. The van der Waals surface area contributed by atoms with E-state index in [1.165, 1.54) is 32.3 Å². The summed E-state index contributed by atoms with van der Waals surface area (Å²) in [7, 11) is 0. The van der Waals surface area contributed by atoms with Gasteiger partial charge in [-0.05, 0) is 79.0 Å². The lowest BCUT2D eigenvalue weighted by Crippen LogP contribution is -2.00. The van der Waals surface area contributed by atoms with Crippen LogP contribution in [0.1, 0.15) is 0 Å². The molecule has 0 spiro atoms. The van der Waals surface area contributed by atoms with Gasteiger partial charge in [0.25, 0.3) is 0 Å². The number of aromatic nitrogens is 3. The van der Waals surface area contributed by atoms with Crippen molar-refractivity contribution in [2.75, 3.05) is 0 Å². The van der Waals surface area contributed by atoms with E-state index in [9.17, 15) is 0 Å². The standard InChI is InChI=1S/C49H29N3O/c1-2-12-32(13-3-1)47-50-48(37-21-18-30-10-4-5-14-33(30)26-37)52-49(51-47)38-23-25-42-43-28-34-15-7-9-17-41(34)45(46(43)53-44(42)29-38)36-22-24-40-35(27-36)20-19-31-11-6-8-16-39(31)40/h1-29H. The summed E-state index contributed by atoms with van der Waals surface area (Å²) in [6, 6.07) is 61.7. The third-order valence-corrected chi connectivity index (χ3v) is 10.5. The molecule has 2 aromatic heterocycles. The van der Waals surface area contributed by atoms with Gasteiger partial charge >= 0.3 is 0 Å². The molecule has 0 radical (unpaired) electrons. The van der Waals surface area contributed by atoms with Gasteiger partial charge < -0.3 is 4.42 Å². The number of hydrogen-bond acceptors (Lipinski definition) is 4. The highest BCUT2D eigenvalue weighted by atomic mass is 16.3. The van der Waals surface area contributed by atoms with Crippen LogP contribution < -0.4 is 0 Å². The van der Waals surface area contributed by atoms with E-state index < -0.39 is 0 Å². The van der Waals surface area contributed by atoms with Gasteiger partial charge in [-0.3, -0.25) is 0 Å². The van der Waals surface area contributed by atoms with Crippen LogP contribution in [0.2, 0.25) is 0 Å². The molecule has 2 heterocycles. The number of rotatable bonds is 4. The molecule has 0 amide bonds. The molecule has 0 saturated carbocycles. The second-order valence-electron chi connectivity index (χ2n) is 13.6. The summed E-state index contributed by atoms with van der Waals surface area (Å²) >= 11 is 0. The minimum absolute atomic E-state index is 0.594. The van der Waals surface area contributed by atoms with Gasteiger partial charge in [0.05, 0.1) is 0 Å². The van der Waals surface area contributed by atoms with Gasteiger partial charge in [0.1, 0.15) is 11.2 Å². The van der Waals surface area contributed by atoms with Gasteiger partial charge in [-0.25, -0.2) is 15.0 Å². The highest BCUT2D eigenvalue weighted by molar-refractivity contribution is 6.19. The van der Waals surface area contributed by atoms with E-state index in [0.29, 0.717) is 17.5 Å². The highest BCUT2D eigenvalue weighted by Gasteiger charge is 2.19.